The Hall–Kier alpha value is -1.47. The first-order valence-corrected chi connectivity index (χ1v) is 11.3. The molecule has 7 nitrogen and oxygen atoms in total. The third-order valence-corrected chi connectivity index (χ3v) is 9.26. The summed E-state index contributed by atoms with van der Waals surface area (Å²) in [6, 6.07) is 7.97. The zero-order valence-electron chi connectivity index (χ0n) is 13.8. The van der Waals surface area contributed by atoms with Gasteiger partial charge in [0.05, 0.1) is 15.7 Å². The van der Waals surface area contributed by atoms with Crippen LogP contribution in [-0.4, -0.2) is 56.9 Å². The minimum atomic E-state index is -3.80. The van der Waals surface area contributed by atoms with E-state index in [9.17, 15) is 16.8 Å². The SMILES string of the molecule is N#Cc1ccccc1S(=O)(=O)N1CCN(S(=O)(=O)C2CCCC2)CC1. The zero-order chi connectivity index (χ0) is 18.1. The van der Waals surface area contributed by atoms with Gasteiger partial charge in [0.2, 0.25) is 20.0 Å². The highest BCUT2D eigenvalue weighted by Crippen LogP contribution is 2.28. The Bertz CT molecular complexity index is 876. The van der Waals surface area contributed by atoms with E-state index in [0.717, 1.165) is 12.8 Å². The molecular formula is C16H21N3O4S2. The van der Waals surface area contributed by atoms with Gasteiger partial charge in [-0.3, -0.25) is 0 Å². The summed E-state index contributed by atoms with van der Waals surface area (Å²) >= 11 is 0. The van der Waals surface area contributed by atoms with E-state index in [-0.39, 0.29) is 41.9 Å². The Balaban J connectivity index is 1.75. The van der Waals surface area contributed by atoms with E-state index < -0.39 is 20.0 Å². The summed E-state index contributed by atoms with van der Waals surface area (Å²) in [5, 5.41) is 8.81. The van der Waals surface area contributed by atoms with Crippen LogP contribution in [0.25, 0.3) is 0 Å². The highest BCUT2D eigenvalue weighted by Gasteiger charge is 2.38. The second-order valence-corrected chi connectivity index (χ2v) is 10.5. The molecule has 136 valence electrons. The van der Waals surface area contributed by atoms with Crippen LogP contribution in [-0.2, 0) is 20.0 Å². The molecule has 1 aromatic rings. The Morgan fingerprint density at radius 3 is 2.08 bits per heavy atom. The second-order valence-electron chi connectivity index (χ2n) is 6.36. The van der Waals surface area contributed by atoms with Crippen LogP contribution in [0.15, 0.2) is 29.2 Å². The standard InChI is InChI=1S/C16H21N3O4S2/c17-13-14-5-1-4-8-16(14)25(22,23)19-11-9-18(10-12-19)24(20,21)15-6-2-3-7-15/h1,4-5,8,15H,2-3,6-7,9-12H2. The van der Waals surface area contributed by atoms with Gasteiger partial charge in [0.25, 0.3) is 0 Å². The van der Waals surface area contributed by atoms with E-state index in [1.807, 2.05) is 6.07 Å². The normalized spacial score (nSPS) is 21.2. The van der Waals surface area contributed by atoms with E-state index >= 15 is 0 Å². The summed E-state index contributed by atoms with van der Waals surface area (Å²) in [5.74, 6) is 0. The lowest BCUT2D eigenvalue weighted by Gasteiger charge is -2.34. The van der Waals surface area contributed by atoms with Crippen LogP contribution in [0.2, 0.25) is 0 Å². The molecule has 25 heavy (non-hydrogen) atoms. The first-order valence-electron chi connectivity index (χ1n) is 8.35. The number of sulfonamides is 2. The van der Waals surface area contributed by atoms with Crippen molar-refractivity contribution in [1.82, 2.24) is 8.61 Å². The molecule has 1 aliphatic heterocycles. The van der Waals surface area contributed by atoms with Crippen molar-refractivity contribution < 1.29 is 16.8 Å². The summed E-state index contributed by atoms with van der Waals surface area (Å²) in [7, 11) is -7.15. The van der Waals surface area contributed by atoms with Crippen LogP contribution in [0.4, 0.5) is 0 Å². The van der Waals surface area contributed by atoms with Crippen molar-refractivity contribution in [3.05, 3.63) is 29.8 Å². The average Bonchev–Trinajstić information content (AvgIpc) is 3.17. The maximum atomic E-state index is 12.8. The molecule has 0 amide bonds. The number of hydrogen-bond donors (Lipinski definition) is 0. The highest BCUT2D eigenvalue weighted by atomic mass is 32.2. The van der Waals surface area contributed by atoms with Crippen LogP contribution >= 0.6 is 0 Å². The number of piperazine rings is 1. The maximum absolute atomic E-state index is 12.8. The molecule has 1 aliphatic carbocycles. The predicted molar refractivity (Wildman–Crippen MR) is 92.7 cm³/mol. The van der Waals surface area contributed by atoms with Gasteiger partial charge in [-0.1, -0.05) is 25.0 Å². The quantitative estimate of drug-likeness (QED) is 0.776. The third-order valence-electron chi connectivity index (χ3n) is 4.91. The van der Waals surface area contributed by atoms with Crippen molar-refractivity contribution in [2.75, 3.05) is 26.2 Å². The highest BCUT2D eigenvalue weighted by molar-refractivity contribution is 7.90. The van der Waals surface area contributed by atoms with Crippen LogP contribution in [0, 0.1) is 11.3 Å². The number of rotatable bonds is 4. The third kappa shape index (κ3) is 3.44. The Morgan fingerprint density at radius 1 is 0.920 bits per heavy atom. The van der Waals surface area contributed by atoms with Gasteiger partial charge < -0.3 is 0 Å². The molecule has 0 radical (unpaired) electrons. The van der Waals surface area contributed by atoms with Crippen LogP contribution < -0.4 is 0 Å². The lowest BCUT2D eigenvalue weighted by molar-refractivity contribution is 0.270. The summed E-state index contributed by atoms with van der Waals surface area (Å²) in [6.07, 6.45) is 3.25. The van der Waals surface area contributed by atoms with Gasteiger partial charge in [0.1, 0.15) is 6.07 Å². The zero-order valence-corrected chi connectivity index (χ0v) is 15.5. The van der Waals surface area contributed by atoms with Gasteiger partial charge in [-0.05, 0) is 25.0 Å². The molecule has 3 rings (SSSR count). The first-order chi connectivity index (χ1) is 11.9. The summed E-state index contributed by atoms with van der Waals surface area (Å²) in [6.45, 7) is 0.529. The average molecular weight is 383 g/mol. The van der Waals surface area contributed by atoms with E-state index in [1.54, 1.807) is 12.1 Å². The minimum absolute atomic E-state index is 0.0235. The number of hydrogen-bond acceptors (Lipinski definition) is 5. The molecule has 0 N–H and O–H groups in total. The monoisotopic (exact) mass is 383 g/mol. The largest absolute Gasteiger partial charge is 0.244 e. The lowest BCUT2D eigenvalue weighted by Crippen LogP contribution is -2.52. The van der Waals surface area contributed by atoms with E-state index in [0.29, 0.717) is 12.8 Å². The van der Waals surface area contributed by atoms with Crippen molar-refractivity contribution in [1.29, 1.82) is 5.26 Å². The molecule has 0 bridgehead atoms. The predicted octanol–water partition coefficient (Wildman–Crippen LogP) is 1.14. The molecule has 1 aromatic carbocycles. The van der Waals surface area contributed by atoms with E-state index in [1.165, 1.54) is 20.7 Å². The van der Waals surface area contributed by atoms with E-state index in [4.69, 9.17) is 5.26 Å². The first kappa shape index (κ1) is 18.3. The molecule has 0 aromatic heterocycles. The molecule has 0 atom stereocenters. The van der Waals surface area contributed by atoms with Gasteiger partial charge in [0.15, 0.2) is 0 Å². The second kappa shape index (κ2) is 7.03. The molecule has 2 fully saturated rings. The number of benzene rings is 1. The molecule has 2 aliphatic rings. The summed E-state index contributed by atoms with van der Waals surface area (Å²) in [5.41, 5.74) is 0.100. The van der Waals surface area contributed by atoms with Crippen LogP contribution in [0.1, 0.15) is 31.2 Å². The van der Waals surface area contributed by atoms with Crippen LogP contribution in [0.3, 0.4) is 0 Å². The molecule has 1 heterocycles. The Labute approximate surface area is 149 Å². The van der Waals surface area contributed by atoms with Gasteiger partial charge in [-0.25, -0.2) is 16.8 Å². The van der Waals surface area contributed by atoms with Gasteiger partial charge in [-0.2, -0.15) is 13.9 Å². The fourth-order valence-electron chi connectivity index (χ4n) is 3.48. The number of nitriles is 1. The summed E-state index contributed by atoms with van der Waals surface area (Å²) < 4.78 is 53.5. The van der Waals surface area contributed by atoms with Crippen LogP contribution in [0.5, 0.6) is 0 Å². The van der Waals surface area contributed by atoms with Gasteiger partial charge >= 0.3 is 0 Å². The van der Waals surface area contributed by atoms with E-state index in [2.05, 4.69) is 0 Å². The van der Waals surface area contributed by atoms with Crippen molar-refractivity contribution in [3.8, 4) is 6.07 Å². The Kier molecular flexibility index (Phi) is 5.16. The summed E-state index contributed by atoms with van der Waals surface area (Å²) in [4.78, 5) is -0.0235. The fourth-order valence-corrected chi connectivity index (χ4v) is 7.07. The lowest BCUT2D eigenvalue weighted by atomic mass is 10.2. The molecule has 1 saturated heterocycles. The minimum Gasteiger partial charge on any atom is -0.212 e. The van der Waals surface area contributed by atoms with Crippen molar-refractivity contribution >= 4 is 20.0 Å². The maximum Gasteiger partial charge on any atom is 0.244 e. The van der Waals surface area contributed by atoms with Crippen molar-refractivity contribution in [3.63, 3.8) is 0 Å². The molecule has 0 unspecified atom stereocenters. The molecular weight excluding hydrogens is 362 g/mol. The molecule has 1 saturated carbocycles. The molecule has 0 spiro atoms. The van der Waals surface area contributed by atoms with Gasteiger partial charge in [-0.15, -0.1) is 0 Å². The Morgan fingerprint density at radius 2 is 1.48 bits per heavy atom. The fraction of sp³-hybridized carbons (Fsp3) is 0.562. The topological polar surface area (TPSA) is 98.5 Å². The van der Waals surface area contributed by atoms with Crippen molar-refractivity contribution in [2.45, 2.75) is 35.8 Å². The van der Waals surface area contributed by atoms with Gasteiger partial charge in [0, 0.05) is 26.2 Å². The molecule has 9 heteroatoms. The van der Waals surface area contributed by atoms with Crippen molar-refractivity contribution in [2.24, 2.45) is 0 Å². The number of nitrogens with zero attached hydrogens (tertiary/aromatic N) is 3. The smallest absolute Gasteiger partial charge is 0.212 e.